The van der Waals surface area contributed by atoms with E-state index >= 15 is 0 Å². The normalized spacial score (nSPS) is 14.5. The lowest BCUT2D eigenvalue weighted by molar-refractivity contribution is 0.0188. The average Bonchev–Trinajstić information content (AvgIpc) is 2.28. The van der Waals surface area contributed by atoms with E-state index in [1.54, 1.807) is 6.07 Å². The minimum Gasteiger partial charge on any atom is -0.389 e. The fourth-order valence-electron chi connectivity index (χ4n) is 1.39. The second-order valence-corrected chi connectivity index (χ2v) is 3.30. The summed E-state index contributed by atoms with van der Waals surface area (Å²) in [6.07, 6.45) is -5.85. The summed E-state index contributed by atoms with van der Waals surface area (Å²) in [5.74, 6) is 0. The topological polar surface area (TPSA) is 64.2 Å². The van der Waals surface area contributed by atoms with E-state index in [-0.39, 0.29) is 17.5 Å². The summed E-state index contributed by atoms with van der Waals surface area (Å²) in [6.45, 7) is 0. The summed E-state index contributed by atoms with van der Waals surface area (Å²) in [6, 6.07) is 7.08. The van der Waals surface area contributed by atoms with Crippen LogP contribution < -0.4 is 0 Å². The number of alkyl halides is 2. The van der Waals surface area contributed by atoms with E-state index < -0.39 is 18.6 Å². The first-order valence-corrected chi connectivity index (χ1v) is 4.68. The van der Waals surface area contributed by atoms with Crippen LogP contribution in [0.15, 0.2) is 24.3 Å². The largest absolute Gasteiger partial charge is 0.389 e. The highest BCUT2D eigenvalue weighted by molar-refractivity contribution is 5.30. The first-order chi connectivity index (χ1) is 7.57. The zero-order valence-corrected chi connectivity index (χ0v) is 8.35. The van der Waals surface area contributed by atoms with Gasteiger partial charge in [-0.15, -0.1) is 0 Å². The van der Waals surface area contributed by atoms with Gasteiger partial charge in [-0.2, -0.15) is 5.26 Å². The Balaban J connectivity index is 2.99. The molecule has 1 rings (SSSR count). The van der Waals surface area contributed by atoms with Gasteiger partial charge in [0.05, 0.1) is 18.6 Å². The molecule has 1 aromatic carbocycles. The Labute approximate surface area is 91.6 Å². The fourth-order valence-corrected chi connectivity index (χ4v) is 1.39. The molecular formula is C11H11F2NO2. The number of benzene rings is 1. The molecular weight excluding hydrogens is 216 g/mol. The van der Waals surface area contributed by atoms with E-state index in [2.05, 4.69) is 0 Å². The van der Waals surface area contributed by atoms with Crippen LogP contribution in [-0.2, 0) is 0 Å². The van der Waals surface area contributed by atoms with Crippen LogP contribution >= 0.6 is 0 Å². The smallest absolute Gasteiger partial charge is 0.264 e. The Bertz CT molecular complexity index is 390. The summed E-state index contributed by atoms with van der Waals surface area (Å²) in [5, 5.41) is 27.3. The predicted octanol–water partition coefficient (Wildman–Crippen LogP) is 1.93. The van der Waals surface area contributed by atoms with Crippen LogP contribution in [0.25, 0.3) is 0 Å². The van der Waals surface area contributed by atoms with Gasteiger partial charge in [-0.3, -0.25) is 0 Å². The molecule has 16 heavy (non-hydrogen) atoms. The lowest BCUT2D eigenvalue weighted by Gasteiger charge is -2.18. The second kappa shape index (κ2) is 5.54. The molecule has 86 valence electrons. The Kier molecular flexibility index (Phi) is 4.35. The van der Waals surface area contributed by atoms with Gasteiger partial charge in [0.15, 0.2) is 0 Å². The Hall–Kier alpha value is -1.51. The highest BCUT2D eigenvalue weighted by atomic mass is 19.3. The molecule has 3 nitrogen and oxygen atoms in total. The van der Waals surface area contributed by atoms with Crippen molar-refractivity contribution in [1.29, 1.82) is 5.26 Å². The van der Waals surface area contributed by atoms with Crippen molar-refractivity contribution >= 4 is 0 Å². The van der Waals surface area contributed by atoms with E-state index in [0.29, 0.717) is 0 Å². The molecule has 0 saturated carbocycles. The van der Waals surface area contributed by atoms with Gasteiger partial charge in [-0.05, 0) is 5.56 Å². The zero-order valence-electron chi connectivity index (χ0n) is 8.35. The third-order valence-corrected chi connectivity index (χ3v) is 2.21. The average molecular weight is 227 g/mol. The maximum atomic E-state index is 12.6. The standard InChI is InChI=1S/C11H11F2NO2/c12-11(13)8-4-2-1-3-7(8)10(16)9(15)5-6-14/h1-4,9-11,15-16H,5H2. The van der Waals surface area contributed by atoms with Gasteiger partial charge in [0.25, 0.3) is 6.43 Å². The lowest BCUT2D eigenvalue weighted by Crippen LogP contribution is -2.18. The van der Waals surface area contributed by atoms with Gasteiger partial charge in [0, 0.05) is 5.56 Å². The molecule has 2 N–H and O–H groups in total. The van der Waals surface area contributed by atoms with Crippen LogP contribution in [-0.4, -0.2) is 16.3 Å². The van der Waals surface area contributed by atoms with Crippen molar-refractivity contribution in [2.45, 2.75) is 25.1 Å². The van der Waals surface area contributed by atoms with Crippen LogP contribution in [0.2, 0.25) is 0 Å². The highest BCUT2D eigenvalue weighted by Gasteiger charge is 2.23. The molecule has 2 unspecified atom stereocenters. The third-order valence-electron chi connectivity index (χ3n) is 2.21. The monoisotopic (exact) mass is 227 g/mol. The summed E-state index contributed by atoms with van der Waals surface area (Å²) in [7, 11) is 0. The summed E-state index contributed by atoms with van der Waals surface area (Å²) in [5.41, 5.74) is -0.368. The first kappa shape index (κ1) is 12.6. The second-order valence-electron chi connectivity index (χ2n) is 3.30. The quantitative estimate of drug-likeness (QED) is 0.826. The number of aliphatic hydroxyl groups excluding tert-OH is 2. The molecule has 0 bridgehead atoms. The molecule has 0 radical (unpaired) electrons. The third kappa shape index (κ3) is 2.75. The van der Waals surface area contributed by atoms with Crippen molar-refractivity contribution in [2.24, 2.45) is 0 Å². The Morgan fingerprint density at radius 2 is 1.75 bits per heavy atom. The SMILES string of the molecule is N#CCC(O)C(O)c1ccccc1C(F)F. The summed E-state index contributed by atoms with van der Waals surface area (Å²) >= 11 is 0. The van der Waals surface area contributed by atoms with Crippen LogP contribution in [0.4, 0.5) is 8.78 Å². The van der Waals surface area contributed by atoms with Crippen LogP contribution in [0, 0.1) is 11.3 Å². The zero-order chi connectivity index (χ0) is 12.1. The molecule has 5 heteroatoms. The van der Waals surface area contributed by atoms with Gasteiger partial charge >= 0.3 is 0 Å². The van der Waals surface area contributed by atoms with Crippen molar-refractivity contribution in [2.75, 3.05) is 0 Å². The molecule has 0 aliphatic carbocycles. The van der Waals surface area contributed by atoms with Gasteiger partial charge in [0.1, 0.15) is 6.10 Å². The Morgan fingerprint density at radius 1 is 1.19 bits per heavy atom. The van der Waals surface area contributed by atoms with E-state index in [4.69, 9.17) is 5.26 Å². The molecule has 0 saturated heterocycles. The van der Waals surface area contributed by atoms with Crippen LogP contribution in [0.5, 0.6) is 0 Å². The molecule has 0 heterocycles. The molecule has 0 aliphatic heterocycles. The molecule has 2 atom stereocenters. The number of hydrogen-bond acceptors (Lipinski definition) is 3. The van der Waals surface area contributed by atoms with E-state index in [1.165, 1.54) is 24.3 Å². The first-order valence-electron chi connectivity index (χ1n) is 4.68. The molecule has 1 aromatic rings. The van der Waals surface area contributed by atoms with Gasteiger partial charge in [0.2, 0.25) is 0 Å². The van der Waals surface area contributed by atoms with E-state index in [1.807, 2.05) is 0 Å². The summed E-state index contributed by atoms with van der Waals surface area (Å²) in [4.78, 5) is 0. The van der Waals surface area contributed by atoms with Crippen molar-refractivity contribution in [3.8, 4) is 6.07 Å². The number of nitrogens with zero attached hydrogens (tertiary/aromatic N) is 1. The van der Waals surface area contributed by atoms with E-state index in [0.717, 1.165) is 0 Å². The number of nitriles is 1. The molecule has 0 fully saturated rings. The Morgan fingerprint density at radius 3 is 2.25 bits per heavy atom. The van der Waals surface area contributed by atoms with Crippen molar-refractivity contribution in [1.82, 2.24) is 0 Å². The fraction of sp³-hybridized carbons (Fsp3) is 0.364. The maximum Gasteiger partial charge on any atom is 0.264 e. The molecule has 0 spiro atoms. The minimum atomic E-state index is -2.72. The maximum absolute atomic E-state index is 12.6. The van der Waals surface area contributed by atoms with Crippen molar-refractivity contribution in [3.05, 3.63) is 35.4 Å². The summed E-state index contributed by atoms with van der Waals surface area (Å²) < 4.78 is 25.2. The number of halogens is 2. The van der Waals surface area contributed by atoms with Crippen LogP contribution in [0.3, 0.4) is 0 Å². The van der Waals surface area contributed by atoms with E-state index in [9.17, 15) is 19.0 Å². The predicted molar refractivity (Wildman–Crippen MR) is 52.6 cm³/mol. The van der Waals surface area contributed by atoms with Crippen molar-refractivity contribution < 1.29 is 19.0 Å². The van der Waals surface area contributed by atoms with Crippen LogP contribution in [0.1, 0.15) is 30.1 Å². The number of hydrogen-bond donors (Lipinski definition) is 2. The minimum absolute atomic E-state index is 0.0414. The van der Waals surface area contributed by atoms with Gasteiger partial charge < -0.3 is 10.2 Å². The van der Waals surface area contributed by atoms with Gasteiger partial charge in [-0.1, -0.05) is 24.3 Å². The number of aliphatic hydroxyl groups is 2. The molecule has 0 aliphatic rings. The molecule has 0 aromatic heterocycles. The lowest BCUT2D eigenvalue weighted by atomic mass is 9.97. The molecule has 0 amide bonds. The number of rotatable bonds is 4. The van der Waals surface area contributed by atoms with Gasteiger partial charge in [-0.25, -0.2) is 8.78 Å². The highest BCUT2D eigenvalue weighted by Crippen LogP contribution is 2.29. The van der Waals surface area contributed by atoms with Crippen molar-refractivity contribution in [3.63, 3.8) is 0 Å².